The lowest BCUT2D eigenvalue weighted by molar-refractivity contribution is -0.131. The predicted octanol–water partition coefficient (Wildman–Crippen LogP) is 2.49. The van der Waals surface area contributed by atoms with Crippen molar-refractivity contribution in [1.29, 1.82) is 0 Å². The average Bonchev–Trinajstić information content (AvgIpc) is 2.99. The van der Waals surface area contributed by atoms with Crippen LogP contribution in [-0.4, -0.2) is 37.5 Å². The van der Waals surface area contributed by atoms with E-state index in [0.717, 1.165) is 42.4 Å². The molecule has 1 aromatic rings. The third-order valence-corrected chi connectivity index (χ3v) is 3.34. The van der Waals surface area contributed by atoms with Gasteiger partial charge in [-0.15, -0.1) is 0 Å². The summed E-state index contributed by atoms with van der Waals surface area (Å²) in [5, 5.41) is 8.73. The Hall–Kier alpha value is -1.85. The SMILES string of the molecule is COc1ccc(C=CC(=O)O)c(COCC2CCCO2)c1. The van der Waals surface area contributed by atoms with Crippen LogP contribution in [0, 0.1) is 0 Å². The Balaban J connectivity index is 2.01. The van der Waals surface area contributed by atoms with Gasteiger partial charge in [-0.25, -0.2) is 4.79 Å². The number of carboxylic acid groups (broad SMARTS) is 1. The molecule has 0 radical (unpaired) electrons. The molecule has 1 aliphatic heterocycles. The molecule has 1 saturated heterocycles. The van der Waals surface area contributed by atoms with Gasteiger partial charge in [0, 0.05) is 12.7 Å². The molecule has 1 N–H and O–H groups in total. The van der Waals surface area contributed by atoms with E-state index in [-0.39, 0.29) is 6.10 Å². The van der Waals surface area contributed by atoms with Crippen LogP contribution in [0.4, 0.5) is 0 Å². The number of benzene rings is 1. The molecule has 1 atom stereocenters. The predicted molar refractivity (Wildman–Crippen MR) is 78.3 cm³/mol. The lowest BCUT2D eigenvalue weighted by Crippen LogP contribution is -2.14. The van der Waals surface area contributed by atoms with Crippen LogP contribution in [-0.2, 0) is 20.9 Å². The number of carboxylic acids is 1. The zero-order valence-corrected chi connectivity index (χ0v) is 12.1. The number of aliphatic carboxylic acids is 1. The summed E-state index contributed by atoms with van der Waals surface area (Å²) in [6.45, 7) is 1.76. The van der Waals surface area contributed by atoms with Crippen molar-refractivity contribution in [3.05, 3.63) is 35.4 Å². The topological polar surface area (TPSA) is 65.0 Å². The quantitative estimate of drug-likeness (QED) is 0.782. The summed E-state index contributed by atoms with van der Waals surface area (Å²) in [6.07, 6.45) is 4.97. The van der Waals surface area contributed by atoms with Crippen LogP contribution in [0.25, 0.3) is 6.08 Å². The summed E-state index contributed by atoms with van der Waals surface area (Å²) in [4.78, 5) is 10.6. The van der Waals surface area contributed by atoms with Gasteiger partial charge in [-0.05, 0) is 42.2 Å². The van der Waals surface area contributed by atoms with E-state index in [2.05, 4.69) is 0 Å². The smallest absolute Gasteiger partial charge is 0.328 e. The van der Waals surface area contributed by atoms with E-state index in [1.807, 2.05) is 12.1 Å². The maximum atomic E-state index is 10.6. The fourth-order valence-electron chi connectivity index (χ4n) is 2.23. The molecule has 0 aliphatic carbocycles. The maximum absolute atomic E-state index is 10.6. The third kappa shape index (κ3) is 4.88. The van der Waals surface area contributed by atoms with Crippen molar-refractivity contribution in [2.45, 2.75) is 25.6 Å². The van der Waals surface area contributed by atoms with Crippen molar-refractivity contribution >= 4 is 12.0 Å². The molecule has 5 nitrogen and oxygen atoms in total. The molecule has 1 unspecified atom stereocenters. The van der Waals surface area contributed by atoms with Crippen molar-refractivity contribution in [1.82, 2.24) is 0 Å². The Labute approximate surface area is 124 Å². The monoisotopic (exact) mass is 292 g/mol. The Kier molecular flexibility index (Phi) is 5.78. The van der Waals surface area contributed by atoms with Crippen molar-refractivity contribution in [3.8, 4) is 5.75 Å². The van der Waals surface area contributed by atoms with Crippen LogP contribution in [0.3, 0.4) is 0 Å². The largest absolute Gasteiger partial charge is 0.497 e. The van der Waals surface area contributed by atoms with Gasteiger partial charge in [0.25, 0.3) is 0 Å². The molecule has 0 spiro atoms. The van der Waals surface area contributed by atoms with Crippen LogP contribution in [0.5, 0.6) is 5.75 Å². The number of carbonyl (C=O) groups is 1. The van der Waals surface area contributed by atoms with Gasteiger partial charge in [-0.3, -0.25) is 0 Å². The fraction of sp³-hybridized carbons (Fsp3) is 0.438. The summed E-state index contributed by atoms with van der Waals surface area (Å²) < 4.78 is 16.4. The van der Waals surface area contributed by atoms with E-state index in [4.69, 9.17) is 19.3 Å². The van der Waals surface area contributed by atoms with E-state index < -0.39 is 5.97 Å². The van der Waals surface area contributed by atoms with Crippen molar-refractivity contribution in [2.24, 2.45) is 0 Å². The minimum atomic E-state index is -0.975. The highest BCUT2D eigenvalue weighted by Crippen LogP contribution is 2.21. The molecule has 21 heavy (non-hydrogen) atoms. The number of hydrogen-bond donors (Lipinski definition) is 1. The van der Waals surface area contributed by atoms with Gasteiger partial charge >= 0.3 is 5.97 Å². The van der Waals surface area contributed by atoms with Crippen LogP contribution >= 0.6 is 0 Å². The fourth-order valence-corrected chi connectivity index (χ4v) is 2.23. The molecule has 0 amide bonds. The Morgan fingerprint density at radius 1 is 1.52 bits per heavy atom. The summed E-state index contributed by atoms with van der Waals surface area (Å²) in [7, 11) is 1.60. The first-order chi connectivity index (χ1) is 10.2. The molecule has 1 aliphatic rings. The first-order valence-corrected chi connectivity index (χ1v) is 6.96. The minimum absolute atomic E-state index is 0.175. The molecule has 0 saturated carbocycles. The van der Waals surface area contributed by atoms with Gasteiger partial charge in [-0.1, -0.05) is 6.07 Å². The Bertz CT molecular complexity index is 503. The Morgan fingerprint density at radius 3 is 3.05 bits per heavy atom. The molecular weight excluding hydrogens is 272 g/mol. The van der Waals surface area contributed by atoms with Crippen LogP contribution < -0.4 is 4.74 Å². The lowest BCUT2D eigenvalue weighted by atomic mass is 10.1. The van der Waals surface area contributed by atoms with Crippen molar-refractivity contribution in [2.75, 3.05) is 20.3 Å². The van der Waals surface area contributed by atoms with Crippen LogP contribution in [0.15, 0.2) is 24.3 Å². The van der Waals surface area contributed by atoms with Crippen molar-refractivity contribution in [3.63, 3.8) is 0 Å². The molecule has 1 heterocycles. The summed E-state index contributed by atoms with van der Waals surface area (Å²) >= 11 is 0. The zero-order chi connectivity index (χ0) is 15.1. The second-order valence-electron chi connectivity index (χ2n) is 4.89. The number of rotatable bonds is 7. The van der Waals surface area contributed by atoms with Gasteiger partial charge in [0.15, 0.2) is 0 Å². The standard InChI is InChI=1S/C16H20O5/c1-19-14-6-4-12(5-7-16(17)18)13(9-14)10-20-11-15-3-2-8-21-15/h4-7,9,15H,2-3,8,10-11H2,1H3,(H,17,18). The van der Waals surface area contributed by atoms with Gasteiger partial charge in [-0.2, -0.15) is 0 Å². The van der Waals surface area contributed by atoms with E-state index in [1.165, 1.54) is 0 Å². The number of ether oxygens (including phenoxy) is 3. The van der Waals surface area contributed by atoms with Gasteiger partial charge in [0.1, 0.15) is 5.75 Å². The summed E-state index contributed by atoms with van der Waals surface area (Å²) in [5.41, 5.74) is 1.70. The number of methoxy groups -OCH3 is 1. The third-order valence-electron chi connectivity index (χ3n) is 3.34. The van der Waals surface area contributed by atoms with Crippen molar-refractivity contribution < 1.29 is 24.1 Å². The molecular formula is C16H20O5. The van der Waals surface area contributed by atoms with E-state index in [9.17, 15) is 4.79 Å². The normalized spacial score (nSPS) is 18.2. The average molecular weight is 292 g/mol. The van der Waals surface area contributed by atoms with E-state index in [0.29, 0.717) is 13.2 Å². The van der Waals surface area contributed by atoms with Gasteiger partial charge in [0.05, 0.1) is 26.4 Å². The van der Waals surface area contributed by atoms with Crippen LogP contribution in [0.1, 0.15) is 24.0 Å². The number of hydrogen-bond acceptors (Lipinski definition) is 4. The van der Waals surface area contributed by atoms with E-state index >= 15 is 0 Å². The highest BCUT2D eigenvalue weighted by molar-refractivity contribution is 5.85. The zero-order valence-electron chi connectivity index (χ0n) is 12.1. The van der Waals surface area contributed by atoms with Crippen LogP contribution in [0.2, 0.25) is 0 Å². The highest BCUT2D eigenvalue weighted by atomic mass is 16.5. The lowest BCUT2D eigenvalue weighted by Gasteiger charge is -2.12. The summed E-state index contributed by atoms with van der Waals surface area (Å²) in [6, 6.07) is 5.48. The van der Waals surface area contributed by atoms with E-state index in [1.54, 1.807) is 19.3 Å². The molecule has 1 fully saturated rings. The first-order valence-electron chi connectivity index (χ1n) is 6.96. The second-order valence-corrected chi connectivity index (χ2v) is 4.89. The molecule has 1 aromatic carbocycles. The molecule has 2 rings (SSSR count). The van der Waals surface area contributed by atoms with Gasteiger partial charge < -0.3 is 19.3 Å². The van der Waals surface area contributed by atoms with Gasteiger partial charge in [0.2, 0.25) is 0 Å². The molecule has 0 aromatic heterocycles. The summed E-state index contributed by atoms with van der Waals surface area (Å²) in [5.74, 6) is -0.254. The molecule has 114 valence electrons. The maximum Gasteiger partial charge on any atom is 0.328 e. The minimum Gasteiger partial charge on any atom is -0.497 e. The Morgan fingerprint density at radius 2 is 2.38 bits per heavy atom. The first kappa shape index (κ1) is 15.5. The highest BCUT2D eigenvalue weighted by Gasteiger charge is 2.15. The molecule has 0 bridgehead atoms. The second kappa shape index (κ2) is 7.81. The molecule has 5 heteroatoms.